The Kier molecular flexibility index (Phi) is 4.06. The number of nitrogens with two attached hydrogens (primary N) is 1. The average Bonchev–Trinajstić information content (AvgIpc) is 2.56. The highest BCUT2D eigenvalue weighted by atomic mass is 32.2. The van der Waals surface area contributed by atoms with Crippen molar-refractivity contribution in [2.24, 2.45) is 0 Å². The zero-order valence-corrected chi connectivity index (χ0v) is 12.8. The summed E-state index contributed by atoms with van der Waals surface area (Å²) in [6, 6.07) is 8.40. The summed E-state index contributed by atoms with van der Waals surface area (Å²) in [5.74, 6) is 0.190. The molecule has 7 nitrogen and oxygen atoms in total. The molecule has 0 bridgehead atoms. The van der Waals surface area contributed by atoms with Gasteiger partial charge in [0.15, 0.2) is 0 Å². The smallest absolute Gasteiger partial charge is 0.243 e. The first-order valence-corrected chi connectivity index (χ1v) is 8.41. The minimum atomic E-state index is -3.43. The fourth-order valence-electron chi connectivity index (χ4n) is 2.37. The molecule has 8 heteroatoms. The lowest BCUT2D eigenvalue weighted by molar-refractivity contribution is 0.360. The van der Waals surface area contributed by atoms with E-state index in [4.69, 9.17) is 5.73 Å². The molecule has 2 heterocycles. The SMILES string of the molecule is Nc1nccc(-c2ccc(S(=O)(=O)N3CCNCC3)cc2)n1. The largest absolute Gasteiger partial charge is 0.368 e. The molecule has 1 saturated heterocycles. The van der Waals surface area contributed by atoms with Crippen LogP contribution >= 0.6 is 0 Å². The Morgan fingerprint density at radius 1 is 1.09 bits per heavy atom. The topological polar surface area (TPSA) is 101 Å². The summed E-state index contributed by atoms with van der Waals surface area (Å²) < 4.78 is 26.6. The van der Waals surface area contributed by atoms with E-state index in [9.17, 15) is 8.42 Å². The molecule has 1 aromatic carbocycles. The second-order valence-electron chi connectivity index (χ2n) is 4.98. The van der Waals surface area contributed by atoms with E-state index in [0.29, 0.717) is 36.8 Å². The molecular weight excluding hydrogens is 302 g/mol. The molecule has 2 aromatic rings. The summed E-state index contributed by atoms with van der Waals surface area (Å²) in [5.41, 5.74) is 7.03. The summed E-state index contributed by atoms with van der Waals surface area (Å²) in [5, 5.41) is 3.14. The number of nitrogens with one attached hydrogen (secondary N) is 1. The number of aromatic nitrogens is 2. The van der Waals surface area contributed by atoms with Crippen molar-refractivity contribution in [3.63, 3.8) is 0 Å². The summed E-state index contributed by atoms with van der Waals surface area (Å²) in [7, 11) is -3.43. The summed E-state index contributed by atoms with van der Waals surface area (Å²) in [6.45, 7) is 2.34. The predicted molar refractivity (Wildman–Crippen MR) is 83.5 cm³/mol. The van der Waals surface area contributed by atoms with Gasteiger partial charge in [0.2, 0.25) is 16.0 Å². The van der Waals surface area contributed by atoms with Crippen molar-refractivity contribution in [2.75, 3.05) is 31.9 Å². The van der Waals surface area contributed by atoms with Crippen molar-refractivity contribution in [3.8, 4) is 11.3 Å². The van der Waals surface area contributed by atoms with Crippen LogP contribution in [0, 0.1) is 0 Å². The summed E-state index contributed by atoms with van der Waals surface area (Å²) in [6.07, 6.45) is 1.57. The van der Waals surface area contributed by atoms with Gasteiger partial charge in [-0.1, -0.05) is 12.1 Å². The first-order chi connectivity index (χ1) is 10.6. The van der Waals surface area contributed by atoms with E-state index in [0.717, 1.165) is 5.56 Å². The Morgan fingerprint density at radius 2 is 1.77 bits per heavy atom. The number of piperazine rings is 1. The lowest BCUT2D eigenvalue weighted by atomic mass is 10.1. The Hall–Kier alpha value is -2.03. The third-order valence-corrected chi connectivity index (χ3v) is 5.45. The molecule has 116 valence electrons. The minimum absolute atomic E-state index is 0.190. The van der Waals surface area contributed by atoms with Gasteiger partial charge in [0.25, 0.3) is 0 Å². The van der Waals surface area contributed by atoms with Crippen molar-refractivity contribution in [1.82, 2.24) is 19.6 Å². The highest BCUT2D eigenvalue weighted by Gasteiger charge is 2.25. The zero-order valence-electron chi connectivity index (χ0n) is 11.9. The van der Waals surface area contributed by atoms with Crippen LogP contribution in [0.4, 0.5) is 5.95 Å². The van der Waals surface area contributed by atoms with Gasteiger partial charge in [0.1, 0.15) is 0 Å². The molecule has 0 amide bonds. The third kappa shape index (κ3) is 2.94. The predicted octanol–water partition coefficient (Wildman–Crippen LogP) is 0.320. The van der Waals surface area contributed by atoms with Crippen LogP contribution in [-0.2, 0) is 10.0 Å². The van der Waals surface area contributed by atoms with E-state index < -0.39 is 10.0 Å². The van der Waals surface area contributed by atoms with Gasteiger partial charge < -0.3 is 11.1 Å². The Bertz CT molecular complexity index is 755. The first kappa shape index (κ1) is 14.9. The van der Waals surface area contributed by atoms with Gasteiger partial charge in [-0.25, -0.2) is 18.4 Å². The van der Waals surface area contributed by atoms with Crippen LogP contribution in [0.15, 0.2) is 41.4 Å². The Morgan fingerprint density at radius 3 is 2.41 bits per heavy atom. The number of benzene rings is 1. The molecule has 3 N–H and O–H groups in total. The van der Waals surface area contributed by atoms with Crippen LogP contribution in [0.5, 0.6) is 0 Å². The molecule has 0 spiro atoms. The van der Waals surface area contributed by atoms with E-state index in [1.807, 2.05) is 0 Å². The van der Waals surface area contributed by atoms with Gasteiger partial charge in [0, 0.05) is 37.9 Å². The number of rotatable bonds is 3. The van der Waals surface area contributed by atoms with Crippen molar-refractivity contribution in [1.29, 1.82) is 0 Å². The average molecular weight is 319 g/mol. The van der Waals surface area contributed by atoms with Gasteiger partial charge in [-0.3, -0.25) is 0 Å². The molecule has 0 saturated carbocycles. The van der Waals surface area contributed by atoms with E-state index in [1.54, 1.807) is 36.5 Å². The summed E-state index contributed by atoms with van der Waals surface area (Å²) >= 11 is 0. The molecule has 1 aromatic heterocycles. The maximum atomic E-state index is 12.5. The van der Waals surface area contributed by atoms with Crippen molar-refractivity contribution in [3.05, 3.63) is 36.5 Å². The number of hydrogen-bond donors (Lipinski definition) is 2. The quantitative estimate of drug-likeness (QED) is 0.845. The van der Waals surface area contributed by atoms with E-state index in [-0.39, 0.29) is 5.95 Å². The maximum absolute atomic E-state index is 12.5. The number of anilines is 1. The molecule has 1 fully saturated rings. The van der Waals surface area contributed by atoms with Gasteiger partial charge in [0.05, 0.1) is 10.6 Å². The van der Waals surface area contributed by atoms with Gasteiger partial charge in [-0.15, -0.1) is 0 Å². The number of sulfonamides is 1. The second-order valence-corrected chi connectivity index (χ2v) is 6.92. The van der Waals surface area contributed by atoms with Crippen molar-refractivity contribution in [2.45, 2.75) is 4.90 Å². The fraction of sp³-hybridized carbons (Fsp3) is 0.286. The molecule has 22 heavy (non-hydrogen) atoms. The molecule has 0 radical (unpaired) electrons. The zero-order chi connectivity index (χ0) is 15.6. The maximum Gasteiger partial charge on any atom is 0.243 e. The molecular formula is C14H17N5O2S. The number of hydrogen-bond acceptors (Lipinski definition) is 6. The van der Waals surface area contributed by atoms with Gasteiger partial charge in [-0.2, -0.15) is 4.31 Å². The number of nitrogen functional groups attached to an aromatic ring is 1. The Balaban J connectivity index is 1.87. The molecule has 0 aliphatic carbocycles. The monoisotopic (exact) mass is 319 g/mol. The van der Waals surface area contributed by atoms with Crippen LogP contribution in [0.3, 0.4) is 0 Å². The van der Waals surface area contributed by atoms with Crippen LogP contribution in [0.25, 0.3) is 11.3 Å². The molecule has 0 atom stereocenters. The third-order valence-electron chi connectivity index (χ3n) is 3.54. The first-order valence-electron chi connectivity index (χ1n) is 6.97. The molecule has 0 unspecified atom stereocenters. The fourth-order valence-corrected chi connectivity index (χ4v) is 3.81. The van der Waals surface area contributed by atoms with Crippen molar-refractivity contribution >= 4 is 16.0 Å². The van der Waals surface area contributed by atoms with E-state index in [1.165, 1.54) is 4.31 Å². The van der Waals surface area contributed by atoms with Crippen molar-refractivity contribution < 1.29 is 8.42 Å². The Labute approximate surface area is 129 Å². The highest BCUT2D eigenvalue weighted by Crippen LogP contribution is 2.22. The summed E-state index contributed by atoms with van der Waals surface area (Å²) in [4.78, 5) is 8.26. The number of nitrogens with zero attached hydrogens (tertiary/aromatic N) is 3. The lowest BCUT2D eigenvalue weighted by Crippen LogP contribution is -2.46. The van der Waals surface area contributed by atoms with Crippen LogP contribution in [-0.4, -0.2) is 48.9 Å². The van der Waals surface area contributed by atoms with E-state index >= 15 is 0 Å². The molecule has 1 aliphatic rings. The van der Waals surface area contributed by atoms with Crippen LogP contribution in [0.2, 0.25) is 0 Å². The minimum Gasteiger partial charge on any atom is -0.368 e. The normalized spacial score (nSPS) is 16.5. The molecule has 1 aliphatic heterocycles. The van der Waals surface area contributed by atoms with Gasteiger partial charge >= 0.3 is 0 Å². The van der Waals surface area contributed by atoms with E-state index in [2.05, 4.69) is 15.3 Å². The lowest BCUT2D eigenvalue weighted by Gasteiger charge is -2.26. The van der Waals surface area contributed by atoms with Crippen LogP contribution in [0.1, 0.15) is 0 Å². The second kappa shape index (κ2) is 5.99. The van der Waals surface area contributed by atoms with Crippen LogP contribution < -0.4 is 11.1 Å². The molecule has 3 rings (SSSR count). The van der Waals surface area contributed by atoms with Gasteiger partial charge in [-0.05, 0) is 18.2 Å². The highest BCUT2D eigenvalue weighted by molar-refractivity contribution is 7.89. The standard InChI is InChI=1S/C14H17N5O2S/c15-14-17-6-5-13(18-14)11-1-3-12(4-2-11)22(20,21)19-9-7-16-8-10-19/h1-6,16H,7-10H2,(H2,15,17,18).